The lowest BCUT2D eigenvalue weighted by atomic mass is 10.2. The van der Waals surface area contributed by atoms with Gasteiger partial charge in [-0.25, -0.2) is 4.79 Å². The van der Waals surface area contributed by atoms with Gasteiger partial charge in [-0.3, -0.25) is 15.0 Å². The smallest absolute Gasteiger partial charge is 0.445 e. The summed E-state index contributed by atoms with van der Waals surface area (Å²) in [6, 6.07) is 10.3. The summed E-state index contributed by atoms with van der Waals surface area (Å²) in [4.78, 5) is 27.7. The van der Waals surface area contributed by atoms with Crippen LogP contribution in [0.25, 0.3) is 22.6 Å². The first kappa shape index (κ1) is 21.9. The molecule has 0 aliphatic carbocycles. The Morgan fingerprint density at radius 1 is 1.03 bits per heavy atom. The number of amides is 1. The molecule has 0 fully saturated rings. The van der Waals surface area contributed by atoms with E-state index in [1.165, 1.54) is 18.3 Å². The van der Waals surface area contributed by atoms with Gasteiger partial charge < -0.3 is 14.6 Å². The van der Waals surface area contributed by atoms with Crippen molar-refractivity contribution in [3.05, 3.63) is 78.3 Å². The summed E-state index contributed by atoms with van der Waals surface area (Å²) < 4.78 is 47.0. The van der Waals surface area contributed by atoms with Gasteiger partial charge in [-0.1, -0.05) is 11.2 Å². The number of pyridine rings is 3. The van der Waals surface area contributed by atoms with E-state index in [0.717, 1.165) is 11.3 Å². The molecule has 1 N–H and O–H groups in total. The van der Waals surface area contributed by atoms with Gasteiger partial charge in [0.1, 0.15) is 6.61 Å². The van der Waals surface area contributed by atoms with Gasteiger partial charge in [0.05, 0.1) is 17.9 Å². The maximum absolute atomic E-state index is 12.5. The largest absolute Gasteiger partial charge is 0.471 e. The summed E-state index contributed by atoms with van der Waals surface area (Å²) in [5.74, 6) is -1.68. The number of nitrogens with one attached hydrogen (secondary N) is 1. The van der Waals surface area contributed by atoms with E-state index in [2.05, 4.69) is 34.9 Å². The average Bonchev–Trinajstić information content (AvgIpc) is 3.34. The zero-order valence-electron chi connectivity index (χ0n) is 16.8. The highest BCUT2D eigenvalue weighted by Gasteiger charge is 2.38. The fourth-order valence-corrected chi connectivity index (χ4v) is 2.67. The fraction of sp³-hybridized carbons (Fsp3) is 0.143. The van der Waals surface area contributed by atoms with E-state index in [0.29, 0.717) is 11.3 Å². The molecule has 4 aromatic rings. The van der Waals surface area contributed by atoms with Gasteiger partial charge in [-0.15, -0.1) is 0 Å². The molecule has 0 saturated heterocycles. The highest BCUT2D eigenvalue weighted by molar-refractivity contribution is 5.67. The second-order valence-corrected chi connectivity index (χ2v) is 6.68. The van der Waals surface area contributed by atoms with Crippen LogP contribution >= 0.6 is 0 Å². The fourth-order valence-electron chi connectivity index (χ4n) is 2.67. The Morgan fingerprint density at radius 2 is 1.91 bits per heavy atom. The van der Waals surface area contributed by atoms with Crippen LogP contribution in [0.1, 0.15) is 17.1 Å². The van der Waals surface area contributed by atoms with Crippen molar-refractivity contribution in [3.63, 3.8) is 0 Å². The second kappa shape index (κ2) is 9.42. The standard InChI is InChI=1S/C21H15F3N6O3/c22-21(23,24)19-29-18(30-33-19)15-4-5-16(26-10-15)11-28-20(31)32-12-13-3-6-17(27-8-13)14-2-1-7-25-9-14/h1-10H,11-12H2,(H,28,31). The Hall–Kier alpha value is -4.35. The molecule has 4 heterocycles. The first-order valence-electron chi connectivity index (χ1n) is 9.50. The van der Waals surface area contributed by atoms with E-state index in [1.807, 2.05) is 12.1 Å². The molecule has 168 valence electrons. The van der Waals surface area contributed by atoms with Crippen LogP contribution in [0.3, 0.4) is 0 Å². The molecular formula is C21H15F3N6O3. The quantitative estimate of drug-likeness (QED) is 0.462. The van der Waals surface area contributed by atoms with Crippen LogP contribution in [-0.2, 0) is 24.1 Å². The molecule has 1 amide bonds. The van der Waals surface area contributed by atoms with Crippen molar-refractivity contribution >= 4 is 6.09 Å². The molecule has 0 aromatic carbocycles. The number of halogens is 3. The zero-order chi connectivity index (χ0) is 23.3. The van der Waals surface area contributed by atoms with E-state index in [1.54, 1.807) is 30.7 Å². The van der Waals surface area contributed by atoms with Gasteiger partial charge in [0.25, 0.3) is 0 Å². The molecule has 4 rings (SSSR count). The van der Waals surface area contributed by atoms with Crippen LogP contribution in [0.4, 0.5) is 18.0 Å². The highest BCUT2D eigenvalue weighted by Crippen LogP contribution is 2.29. The topological polar surface area (TPSA) is 116 Å². The summed E-state index contributed by atoms with van der Waals surface area (Å²) in [7, 11) is 0. The van der Waals surface area contributed by atoms with Crippen molar-refractivity contribution in [1.82, 2.24) is 30.4 Å². The molecule has 0 radical (unpaired) electrons. The number of ether oxygens (including phenoxy) is 1. The SMILES string of the molecule is O=C(NCc1ccc(-c2noc(C(F)(F)F)n2)cn1)OCc1ccc(-c2cccnc2)nc1. The lowest BCUT2D eigenvalue weighted by molar-refractivity contribution is -0.159. The van der Waals surface area contributed by atoms with E-state index in [-0.39, 0.29) is 24.5 Å². The van der Waals surface area contributed by atoms with E-state index >= 15 is 0 Å². The molecule has 0 bridgehead atoms. The van der Waals surface area contributed by atoms with Crippen LogP contribution < -0.4 is 5.32 Å². The molecule has 33 heavy (non-hydrogen) atoms. The van der Waals surface area contributed by atoms with Crippen molar-refractivity contribution in [1.29, 1.82) is 0 Å². The molecule has 0 aliphatic heterocycles. The molecule has 0 unspecified atom stereocenters. The minimum atomic E-state index is -4.72. The highest BCUT2D eigenvalue weighted by atomic mass is 19.4. The molecule has 9 nitrogen and oxygen atoms in total. The summed E-state index contributed by atoms with van der Waals surface area (Å²) >= 11 is 0. The molecule has 0 spiro atoms. The third-order valence-corrected chi connectivity index (χ3v) is 4.32. The molecule has 4 aromatic heterocycles. The van der Waals surface area contributed by atoms with E-state index < -0.39 is 18.2 Å². The van der Waals surface area contributed by atoms with Crippen LogP contribution in [0.15, 0.2) is 65.7 Å². The number of hydrogen-bond donors (Lipinski definition) is 1. The normalized spacial score (nSPS) is 11.2. The van der Waals surface area contributed by atoms with Gasteiger partial charge in [0.15, 0.2) is 0 Å². The summed E-state index contributed by atoms with van der Waals surface area (Å²) in [6.07, 6.45) is 0.885. The zero-order valence-corrected chi connectivity index (χ0v) is 16.8. The number of carbonyl (C=O) groups is 1. The Bertz CT molecular complexity index is 1210. The van der Waals surface area contributed by atoms with Crippen LogP contribution in [0, 0.1) is 0 Å². The minimum absolute atomic E-state index is 0.0257. The number of alkyl carbamates (subject to hydrolysis) is 1. The predicted molar refractivity (Wildman–Crippen MR) is 107 cm³/mol. The van der Waals surface area contributed by atoms with E-state index in [4.69, 9.17) is 4.74 Å². The number of rotatable bonds is 6. The Labute approximate surface area is 184 Å². The monoisotopic (exact) mass is 456 g/mol. The first-order chi connectivity index (χ1) is 15.9. The molecule has 0 aliphatic rings. The number of alkyl halides is 3. The summed E-state index contributed by atoms with van der Waals surface area (Å²) in [5, 5.41) is 5.83. The Morgan fingerprint density at radius 3 is 2.55 bits per heavy atom. The maximum atomic E-state index is 12.5. The number of aromatic nitrogens is 5. The Balaban J connectivity index is 1.25. The van der Waals surface area contributed by atoms with E-state index in [9.17, 15) is 18.0 Å². The maximum Gasteiger partial charge on any atom is 0.471 e. The average molecular weight is 456 g/mol. The van der Waals surface area contributed by atoms with Gasteiger partial charge in [0, 0.05) is 41.5 Å². The molecular weight excluding hydrogens is 441 g/mol. The summed E-state index contributed by atoms with van der Waals surface area (Å²) in [5.41, 5.74) is 3.03. The number of nitrogens with zero attached hydrogens (tertiary/aromatic N) is 5. The minimum Gasteiger partial charge on any atom is -0.445 e. The lowest BCUT2D eigenvalue weighted by Crippen LogP contribution is -2.24. The van der Waals surface area contributed by atoms with Crippen LogP contribution in [0.5, 0.6) is 0 Å². The van der Waals surface area contributed by atoms with Crippen molar-refractivity contribution < 1.29 is 27.2 Å². The van der Waals surface area contributed by atoms with Crippen molar-refractivity contribution in [2.24, 2.45) is 0 Å². The van der Waals surface area contributed by atoms with Gasteiger partial charge in [-0.2, -0.15) is 18.2 Å². The molecule has 12 heteroatoms. The number of hydrogen-bond acceptors (Lipinski definition) is 8. The Kier molecular flexibility index (Phi) is 6.24. The van der Waals surface area contributed by atoms with Crippen LogP contribution in [0.2, 0.25) is 0 Å². The second-order valence-electron chi connectivity index (χ2n) is 6.68. The first-order valence-corrected chi connectivity index (χ1v) is 9.50. The van der Waals surface area contributed by atoms with Gasteiger partial charge in [0.2, 0.25) is 5.82 Å². The molecule has 0 atom stereocenters. The third-order valence-electron chi connectivity index (χ3n) is 4.32. The number of carbonyl (C=O) groups excluding carboxylic acids is 1. The van der Waals surface area contributed by atoms with Crippen molar-refractivity contribution in [2.45, 2.75) is 19.3 Å². The molecule has 0 saturated carbocycles. The lowest BCUT2D eigenvalue weighted by Gasteiger charge is -2.07. The van der Waals surface area contributed by atoms with Crippen molar-refractivity contribution in [3.8, 4) is 22.6 Å². The van der Waals surface area contributed by atoms with Crippen LogP contribution in [-0.4, -0.2) is 31.2 Å². The van der Waals surface area contributed by atoms with Gasteiger partial charge in [-0.05, 0) is 30.3 Å². The third kappa shape index (κ3) is 5.67. The summed E-state index contributed by atoms with van der Waals surface area (Å²) in [6.45, 7) is 0.0786. The van der Waals surface area contributed by atoms with Gasteiger partial charge >= 0.3 is 18.2 Å². The predicted octanol–water partition coefficient (Wildman–Crippen LogP) is 4.03. The van der Waals surface area contributed by atoms with Crippen molar-refractivity contribution in [2.75, 3.05) is 0 Å².